The summed E-state index contributed by atoms with van der Waals surface area (Å²) in [5.74, 6) is 0.784. The second-order valence-electron chi connectivity index (χ2n) is 7.68. The Hall–Kier alpha value is -2.27. The van der Waals surface area contributed by atoms with E-state index >= 15 is 0 Å². The van der Waals surface area contributed by atoms with Crippen LogP contribution >= 0.6 is 0 Å². The molecule has 1 aliphatic carbocycles. The summed E-state index contributed by atoms with van der Waals surface area (Å²) in [5, 5.41) is 3.61. The number of ether oxygens (including phenoxy) is 2. The van der Waals surface area contributed by atoms with Crippen molar-refractivity contribution >= 4 is 11.7 Å². The molecule has 3 aliphatic heterocycles. The summed E-state index contributed by atoms with van der Waals surface area (Å²) in [4.78, 5) is 15.4. The maximum Gasteiger partial charge on any atom is 0.336 e. The van der Waals surface area contributed by atoms with E-state index in [2.05, 4.69) is 29.3 Å². The highest BCUT2D eigenvalue weighted by molar-refractivity contribution is 5.94. The highest BCUT2D eigenvalue weighted by Gasteiger charge is 2.62. The average molecular weight is 352 g/mol. The van der Waals surface area contributed by atoms with Gasteiger partial charge in [-0.15, -0.1) is 0 Å². The van der Waals surface area contributed by atoms with Crippen molar-refractivity contribution in [1.29, 1.82) is 0 Å². The van der Waals surface area contributed by atoms with Gasteiger partial charge in [-0.25, -0.2) is 4.79 Å². The number of allylic oxidation sites excluding steroid dienone is 1. The van der Waals surface area contributed by atoms with E-state index in [-0.39, 0.29) is 17.3 Å². The number of rotatable bonds is 2. The molecule has 5 heteroatoms. The van der Waals surface area contributed by atoms with Crippen LogP contribution in [-0.4, -0.2) is 44.2 Å². The van der Waals surface area contributed by atoms with Gasteiger partial charge in [0, 0.05) is 42.5 Å². The number of fused-ring (bicyclic) bond motifs is 2. The molecule has 2 fully saturated rings. The molecule has 1 aromatic carbocycles. The lowest BCUT2D eigenvalue weighted by atomic mass is 9.62. The Bertz CT molecular complexity index is 872. The molecule has 0 saturated carbocycles. The van der Waals surface area contributed by atoms with Crippen LogP contribution in [0.2, 0.25) is 0 Å². The van der Waals surface area contributed by atoms with Gasteiger partial charge in [-0.1, -0.05) is 17.7 Å². The third-order valence-corrected chi connectivity index (χ3v) is 6.90. The molecular weight excluding hydrogens is 328 g/mol. The second-order valence-corrected chi connectivity index (χ2v) is 7.68. The number of hydrogen-bond donors (Lipinski definition) is 1. The summed E-state index contributed by atoms with van der Waals surface area (Å²) < 4.78 is 10.6. The number of hydrogen-bond acceptors (Lipinski definition) is 5. The molecular formula is C21H24N2O3. The molecule has 3 heterocycles. The molecule has 0 amide bonds. The van der Waals surface area contributed by atoms with Crippen LogP contribution in [0.3, 0.4) is 0 Å². The van der Waals surface area contributed by atoms with Crippen LogP contribution in [0.5, 0.6) is 5.75 Å². The van der Waals surface area contributed by atoms with E-state index in [0.717, 1.165) is 48.6 Å². The number of carbonyl (C=O) groups excluding carboxylic acids is 1. The van der Waals surface area contributed by atoms with Crippen molar-refractivity contribution in [2.45, 2.75) is 31.2 Å². The molecule has 4 aliphatic rings. The first-order valence-corrected chi connectivity index (χ1v) is 9.31. The van der Waals surface area contributed by atoms with Gasteiger partial charge in [-0.3, -0.25) is 4.90 Å². The molecule has 0 unspecified atom stereocenters. The Morgan fingerprint density at radius 3 is 2.96 bits per heavy atom. The summed E-state index contributed by atoms with van der Waals surface area (Å²) in [6.45, 7) is 4.08. The van der Waals surface area contributed by atoms with Gasteiger partial charge in [0.2, 0.25) is 0 Å². The van der Waals surface area contributed by atoms with Crippen LogP contribution in [0.15, 0.2) is 41.1 Å². The molecule has 1 aromatic rings. The predicted octanol–water partition coefficient (Wildman–Crippen LogP) is 2.84. The van der Waals surface area contributed by atoms with E-state index in [9.17, 15) is 4.79 Å². The van der Waals surface area contributed by atoms with Gasteiger partial charge in [0.1, 0.15) is 5.75 Å². The van der Waals surface area contributed by atoms with Crippen molar-refractivity contribution in [1.82, 2.24) is 4.90 Å². The fraction of sp³-hybridized carbons (Fsp3) is 0.476. The number of carbonyl (C=O) groups is 1. The van der Waals surface area contributed by atoms with E-state index in [1.807, 2.05) is 12.1 Å². The number of piperidine rings is 1. The molecule has 2 saturated heterocycles. The summed E-state index contributed by atoms with van der Waals surface area (Å²) in [6, 6.07) is 6.69. The highest BCUT2D eigenvalue weighted by atomic mass is 16.5. The third kappa shape index (κ3) is 1.77. The highest BCUT2D eigenvalue weighted by Crippen LogP contribution is 2.61. The van der Waals surface area contributed by atoms with E-state index < -0.39 is 0 Å². The van der Waals surface area contributed by atoms with Crippen LogP contribution in [0.4, 0.5) is 5.69 Å². The smallest absolute Gasteiger partial charge is 0.336 e. The third-order valence-electron chi connectivity index (χ3n) is 6.90. The Balaban J connectivity index is 1.79. The minimum Gasteiger partial charge on any atom is -0.497 e. The van der Waals surface area contributed by atoms with Crippen molar-refractivity contribution in [2.24, 2.45) is 5.92 Å². The predicted molar refractivity (Wildman–Crippen MR) is 99.2 cm³/mol. The molecule has 26 heavy (non-hydrogen) atoms. The molecule has 5 rings (SSSR count). The molecule has 3 atom stereocenters. The minimum atomic E-state index is -0.199. The normalized spacial score (nSPS) is 33.0. The monoisotopic (exact) mass is 352 g/mol. The quantitative estimate of drug-likeness (QED) is 0.655. The molecule has 0 aromatic heterocycles. The van der Waals surface area contributed by atoms with Crippen LogP contribution < -0.4 is 10.1 Å². The van der Waals surface area contributed by atoms with Gasteiger partial charge in [0.25, 0.3) is 0 Å². The number of nitrogens with zero attached hydrogens (tertiary/aromatic N) is 1. The van der Waals surface area contributed by atoms with Crippen molar-refractivity contribution in [3.8, 4) is 5.75 Å². The van der Waals surface area contributed by atoms with Crippen molar-refractivity contribution in [2.75, 3.05) is 32.6 Å². The summed E-state index contributed by atoms with van der Waals surface area (Å²) in [5.41, 5.74) is 5.46. The first-order chi connectivity index (χ1) is 12.6. The van der Waals surface area contributed by atoms with Crippen LogP contribution in [-0.2, 0) is 14.9 Å². The van der Waals surface area contributed by atoms with Crippen molar-refractivity contribution in [3.05, 3.63) is 46.7 Å². The zero-order valence-corrected chi connectivity index (χ0v) is 15.5. The van der Waals surface area contributed by atoms with Gasteiger partial charge in [0.05, 0.1) is 25.2 Å². The number of benzene rings is 1. The lowest BCUT2D eigenvalue weighted by molar-refractivity contribution is -0.137. The SMILES string of the molecule is C/C=C1/CN2CC[C@]34C(=C(C(=O)OC)[C@H]1C[C@H]23)Nc1cc(OC)ccc14. The summed E-state index contributed by atoms with van der Waals surface area (Å²) in [7, 11) is 3.17. The summed E-state index contributed by atoms with van der Waals surface area (Å²) >= 11 is 0. The minimum absolute atomic E-state index is 0.124. The van der Waals surface area contributed by atoms with Crippen molar-refractivity contribution < 1.29 is 14.3 Å². The van der Waals surface area contributed by atoms with Gasteiger partial charge < -0.3 is 14.8 Å². The number of anilines is 1. The summed E-state index contributed by atoms with van der Waals surface area (Å²) in [6.07, 6.45) is 4.20. The zero-order chi connectivity index (χ0) is 18.1. The van der Waals surface area contributed by atoms with Gasteiger partial charge in [-0.05, 0) is 31.4 Å². The van der Waals surface area contributed by atoms with Crippen molar-refractivity contribution in [3.63, 3.8) is 0 Å². The molecule has 2 bridgehead atoms. The van der Waals surface area contributed by atoms with E-state index in [0.29, 0.717) is 6.04 Å². The van der Waals surface area contributed by atoms with Crippen LogP contribution in [0.25, 0.3) is 0 Å². The second kappa shape index (κ2) is 5.36. The topological polar surface area (TPSA) is 50.8 Å². The molecule has 5 nitrogen and oxygen atoms in total. The van der Waals surface area contributed by atoms with Crippen LogP contribution in [0.1, 0.15) is 25.3 Å². The lowest BCUT2D eigenvalue weighted by Crippen LogP contribution is -2.53. The fourth-order valence-electron chi connectivity index (χ4n) is 5.77. The van der Waals surface area contributed by atoms with Gasteiger partial charge in [-0.2, -0.15) is 0 Å². The van der Waals surface area contributed by atoms with Crippen LogP contribution in [0, 0.1) is 5.92 Å². The Labute approximate surface area is 153 Å². The Kier molecular flexibility index (Phi) is 3.29. The number of nitrogens with one attached hydrogen (secondary N) is 1. The standard InChI is InChI=1S/C21H24N2O3/c1-4-12-11-23-8-7-21-15-6-5-13(25-2)9-16(15)22-19(21)18(20(24)26-3)14(12)10-17(21)23/h4-6,9,14,17,22H,7-8,10-11H2,1-3H3/b12-4-/t14-,17-,21+/m0/s1. The Morgan fingerprint density at radius 1 is 1.38 bits per heavy atom. The first kappa shape index (κ1) is 15.9. The maximum absolute atomic E-state index is 12.8. The lowest BCUT2D eigenvalue weighted by Gasteiger charge is -2.48. The number of methoxy groups -OCH3 is 2. The first-order valence-electron chi connectivity index (χ1n) is 9.31. The molecule has 1 spiro atoms. The number of esters is 1. The zero-order valence-electron chi connectivity index (χ0n) is 15.5. The van der Waals surface area contributed by atoms with E-state index in [1.165, 1.54) is 18.2 Å². The Morgan fingerprint density at radius 2 is 2.23 bits per heavy atom. The van der Waals surface area contributed by atoms with E-state index in [4.69, 9.17) is 9.47 Å². The fourth-order valence-corrected chi connectivity index (χ4v) is 5.77. The molecule has 0 radical (unpaired) electrons. The largest absolute Gasteiger partial charge is 0.497 e. The molecule has 1 N–H and O–H groups in total. The molecule has 136 valence electrons. The van der Waals surface area contributed by atoms with E-state index in [1.54, 1.807) is 7.11 Å². The van der Waals surface area contributed by atoms with Gasteiger partial charge in [0.15, 0.2) is 0 Å². The van der Waals surface area contributed by atoms with Gasteiger partial charge >= 0.3 is 5.97 Å². The average Bonchev–Trinajstić information content (AvgIpc) is 3.22. The maximum atomic E-state index is 12.8.